The summed E-state index contributed by atoms with van der Waals surface area (Å²) >= 11 is 0. The Balaban J connectivity index is 1.71. The van der Waals surface area contributed by atoms with Crippen LogP contribution in [-0.4, -0.2) is 6.61 Å². The number of ether oxygens (including phenoxy) is 2. The minimum Gasteiger partial charge on any atom is -0.494 e. The molecule has 1 unspecified atom stereocenters. The minimum atomic E-state index is 0.593. The van der Waals surface area contributed by atoms with Crippen molar-refractivity contribution in [2.75, 3.05) is 6.61 Å². The molecule has 22 heavy (non-hydrogen) atoms. The van der Waals surface area contributed by atoms with Gasteiger partial charge in [-0.2, -0.15) is 0 Å². The van der Waals surface area contributed by atoms with Crippen LogP contribution in [0, 0.1) is 5.92 Å². The van der Waals surface area contributed by atoms with Gasteiger partial charge < -0.3 is 9.47 Å². The Bertz CT molecular complexity index is 519. The summed E-state index contributed by atoms with van der Waals surface area (Å²) in [6.45, 7) is 5.91. The van der Waals surface area contributed by atoms with E-state index in [0.29, 0.717) is 6.61 Å². The van der Waals surface area contributed by atoms with Gasteiger partial charge in [-0.05, 0) is 48.6 Å². The molecule has 0 saturated carbocycles. The first-order valence-corrected chi connectivity index (χ1v) is 8.17. The van der Waals surface area contributed by atoms with Gasteiger partial charge in [0.1, 0.15) is 18.1 Å². The molecule has 2 nitrogen and oxygen atoms in total. The third-order valence-electron chi connectivity index (χ3n) is 3.88. The molecule has 0 aliphatic heterocycles. The smallest absolute Gasteiger partial charge is 0.120 e. The van der Waals surface area contributed by atoms with Crippen molar-refractivity contribution in [3.8, 4) is 11.5 Å². The highest BCUT2D eigenvalue weighted by Crippen LogP contribution is 2.19. The van der Waals surface area contributed by atoms with Crippen molar-refractivity contribution < 1.29 is 9.47 Å². The van der Waals surface area contributed by atoms with Crippen LogP contribution >= 0.6 is 0 Å². The Morgan fingerprint density at radius 3 is 2.14 bits per heavy atom. The summed E-state index contributed by atoms with van der Waals surface area (Å²) in [4.78, 5) is 0. The third kappa shape index (κ3) is 5.80. The Morgan fingerprint density at radius 2 is 1.50 bits per heavy atom. The Labute approximate surface area is 134 Å². The lowest BCUT2D eigenvalue weighted by Gasteiger charge is -2.10. The van der Waals surface area contributed by atoms with E-state index in [1.165, 1.54) is 18.4 Å². The predicted octanol–water partition coefficient (Wildman–Crippen LogP) is 5.47. The van der Waals surface area contributed by atoms with Gasteiger partial charge in [-0.3, -0.25) is 0 Å². The molecule has 0 aliphatic carbocycles. The van der Waals surface area contributed by atoms with Crippen LogP contribution in [0.15, 0.2) is 54.6 Å². The molecule has 0 saturated heterocycles. The molecule has 2 aromatic carbocycles. The van der Waals surface area contributed by atoms with E-state index in [1.807, 2.05) is 42.5 Å². The Morgan fingerprint density at radius 1 is 0.864 bits per heavy atom. The molecule has 0 N–H and O–H groups in total. The number of hydrogen-bond donors (Lipinski definition) is 0. The molecule has 2 rings (SSSR count). The summed E-state index contributed by atoms with van der Waals surface area (Å²) in [5, 5.41) is 0. The Hall–Kier alpha value is -1.96. The summed E-state index contributed by atoms with van der Waals surface area (Å²) in [5.41, 5.74) is 1.17. The van der Waals surface area contributed by atoms with Crippen molar-refractivity contribution in [3.05, 3.63) is 60.2 Å². The Kier molecular flexibility index (Phi) is 6.82. The van der Waals surface area contributed by atoms with E-state index in [1.54, 1.807) is 0 Å². The molecule has 118 valence electrons. The molecular weight excluding hydrogens is 272 g/mol. The standard InChI is InChI=1S/C20H26O2/c1-3-17(2)8-7-15-21-19-11-13-20(14-12-19)22-16-18-9-5-4-6-10-18/h4-6,9-14,17H,3,7-8,15-16H2,1-2H3. The summed E-state index contributed by atoms with van der Waals surface area (Å²) < 4.78 is 11.5. The molecule has 0 heterocycles. The predicted molar refractivity (Wildman–Crippen MR) is 91.4 cm³/mol. The van der Waals surface area contributed by atoms with E-state index >= 15 is 0 Å². The highest BCUT2D eigenvalue weighted by atomic mass is 16.5. The van der Waals surface area contributed by atoms with Crippen molar-refractivity contribution in [2.45, 2.75) is 39.7 Å². The van der Waals surface area contributed by atoms with E-state index in [0.717, 1.165) is 30.4 Å². The summed E-state index contributed by atoms with van der Waals surface area (Å²) in [5.74, 6) is 2.57. The van der Waals surface area contributed by atoms with Gasteiger partial charge in [-0.1, -0.05) is 50.6 Å². The number of hydrogen-bond acceptors (Lipinski definition) is 2. The topological polar surface area (TPSA) is 18.5 Å². The molecule has 1 atom stereocenters. The van der Waals surface area contributed by atoms with Crippen molar-refractivity contribution in [2.24, 2.45) is 5.92 Å². The molecule has 0 spiro atoms. The van der Waals surface area contributed by atoms with Gasteiger partial charge in [0.15, 0.2) is 0 Å². The molecule has 0 radical (unpaired) electrons. The fourth-order valence-electron chi connectivity index (χ4n) is 2.20. The first-order chi connectivity index (χ1) is 10.8. The van der Waals surface area contributed by atoms with Crippen LogP contribution in [-0.2, 0) is 6.61 Å². The first kappa shape index (κ1) is 16.4. The van der Waals surface area contributed by atoms with E-state index in [2.05, 4.69) is 26.0 Å². The average Bonchev–Trinajstić information content (AvgIpc) is 2.58. The SMILES string of the molecule is CCC(C)CCCOc1ccc(OCc2ccccc2)cc1. The van der Waals surface area contributed by atoms with Crippen LogP contribution in [0.1, 0.15) is 38.7 Å². The molecule has 2 aromatic rings. The highest BCUT2D eigenvalue weighted by molar-refractivity contribution is 5.31. The van der Waals surface area contributed by atoms with E-state index in [-0.39, 0.29) is 0 Å². The van der Waals surface area contributed by atoms with Gasteiger partial charge in [0.25, 0.3) is 0 Å². The average molecular weight is 298 g/mol. The van der Waals surface area contributed by atoms with E-state index < -0.39 is 0 Å². The first-order valence-electron chi connectivity index (χ1n) is 8.17. The summed E-state index contributed by atoms with van der Waals surface area (Å²) in [6, 6.07) is 18.1. The van der Waals surface area contributed by atoms with Gasteiger partial charge in [0.05, 0.1) is 6.61 Å². The lowest BCUT2D eigenvalue weighted by molar-refractivity contribution is 0.290. The zero-order valence-electron chi connectivity index (χ0n) is 13.6. The van der Waals surface area contributed by atoms with Gasteiger partial charge >= 0.3 is 0 Å². The fraction of sp³-hybridized carbons (Fsp3) is 0.400. The molecule has 0 amide bonds. The van der Waals surface area contributed by atoms with E-state index in [9.17, 15) is 0 Å². The van der Waals surface area contributed by atoms with Crippen LogP contribution < -0.4 is 9.47 Å². The van der Waals surface area contributed by atoms with Crippen LogP contribution in [0.25, 0.3) is 0 Å². The molecule has 0 fully saturated rings. The van der Waals surface area contributed by atoms with Crippen LogP contribution in [0.3, 0.4) is 0 Å². The second-order valence-electron chi connectivity index (χ2n) is 5.75. The van der Waals surface area contributed by atoms with Gasteiger partial charge in [-0.25, -0.2) is 0 Å². The van der Waals surface area contributed by atoms with Gasteiger partial charge in [-0.15, -0.1) is 0 Å². The quantitative estimate of drug-likeness (QED) is 0.571. The highest BCUT2D eigenvalue weighted by Gasteiger charge is 2.00. The zero-order chi connectivity index (χ0) is 15.6. The second kappa shape index (κ2) is 9.14. The lowest BCUT2D eigenvalue weighted by Crippen LogP contribution is -2.01. The van der Waals surface area contributed by atoms with Crippen LogP contribution in [0.4, 0.5) is 0 Å². The third-order valence-corrected chi connectivity index (χ3v) is 3.88. The van der Waals surface area contributed by atoms with Crippen molar-refractivity contribution in [3.63, 3.8) is 0 Å². The van der Waals surface area contributed by atoms with Crippen molar-refractivity contribution >= 4 is 0 Å². The maximum atomic E-state index is 5.76. The fourth-order valence-corrected chi connectivity index (χ4v) is 2.20. The molecule has 0 bridgehead atoms. The van der Waals surface area contributed by atoms with Crippen LogP contribution in [0.5, 0.6) is 11.5 Å². The molecule has 0 aliphatic rings. The molecular formula is C20H26O2. The van der Waals surface area contributed by atoms with Gasteiger partial charge in [0, 0.05) is 0 Å². The van der Waals surface area contributed by atoms with Crippen molar-refractivity contribution in [1.29, 1.82) is 0 Å². The normalized spacial score (nSPS) is 11.9. The number of benzene rings is 2. The maximum Gasteiger partial charge on any atom is 0.120 e. The van der Waals surface area contributed by atoms with E-state index in [4.69, 9.17) is 9.47 Å². The second-order valence-corrected chi connectivity index (χ2v) is 5.75. The monoisotopic (exact) mass is 298 g/mol. The zero-order valence-corrected chi connectivity index (χ0v) is 13.6. The summed E-state index contributed by atoms with van der Waals surface area (Å²) in [6.07, 6.45) is 3.59. The lowest BCUT2D eigenvalue weighted by atomic mass is 10.0. The van der Waals surface area contributed by atoms with Gasteiger partial charge in [0.2, 0.25) is 0 Å². The largest absolute Gasteiger partial charge is 0.494 e. The maximum absolute atomic E-state index is 5.76. The molecule has 2 heteroatoms. The minimum absolute atomic E-state index is 0.593. The molecule has 0 aromatic heterocycles. The number of rotatable bonds is 9. The van der Waals surface area contributed by atoms with Crippen molar-refractivity contribution in [1.82, 2.24) is 0 Å². The summed E-state index contributed by atoms with van der Waals surface area (Å²) in [7, 11) is 0. The van der Waals surface area contributed by atoms with Crippen LogP contribution in [0.2, 0.25) is 0 Å².